The standard InChI is InChI=1S/C81H131BrClN9O28/c1-65-5-6-74(82)88-79(65)92(83)80(96)72-59-81(60-73(81)91(72)76(95)63-90-78-66(2)57-69(70-61-85-68(4)86-62-70)58-71(78)77(89-90)67(3)93)64-87-75(94)7-9-97-11-13-99-15-17-101-19-21-103-23-25-105-27-29-107-31-33-109-35-37-111-39-41-113-43-45-115-47-49-117-51-53-119-55-56-120-54-52-118-50-48-116-46-44-114-42-40-112-38-36-110-34-32-108-30-28-106-26-24-104-22-20-102-18-16-100-14-12-98-10-8-84/h5-6,57-58,61-62,72-73H,7-56,59-60,63-64,84H2,1-4H3,(H,87,94)/t72-,73+,81-/m0/s1. The number of carbonyl (C=O) groups excluding carboxylic acids is 4. The number of nitrogens with two attached hydrogens (primary N) is 1. The van der Waals surface area contributed by atoms with Gasteiger partial charge in [0.05, 0.1) is 323 Å². The Morgan fingerprint density at radius 1 is 0.458 bits per heavy atom. The summed E-state index contributed by atoms with van der Waals surface area (Å²) in [5, 5.41) is 8.26. The average Bonchev–Trinajstić information content (AvgIpc) is 1.53. The second-order valence-electron chi connectivity index (χ2n) is 27.3. The highest BCUT2D eigenvalue weighted by Gasteiger charge is 2.67. The normalized spacial score (nSPS) is 15.1. The summed E-state index contributed by atoms with van der Waals surface area (Å²) in [5.74, 6) is -0.575. The minimum atomic E-state index is -0.978. The second kappa shape index (κ2) is 67.2. The zero-order valence-corrected chi connectivity index (χ0v) is 73.0. The Kier molecular flexibility index (Phi) is 58.0. The first-order valence-electron chi connectivity index (χ1n) is 41.4. The highest BCUT2D eigenvalue weighted by Crippen LogP contribution is 2.59. The number of halogens is 2. The van der Waals surface area contributed by atoms with Crippen molar-refractivity contribution >= 4 is 67.9 Å². The van der Waals surface area contributed by atoms with Gasteiger partial charge in [-0.05, 0) is 84.4 Å². The van der Waals surface area contributed by atoms with Crippen LogP contribution in [-0.4, -0.2) is 395 Å². The van der Waals surface area contributed by atoms with E-state index in [1.165, 1.54) is 11.6 Å². The topological polar surface area (TPSA) is 391 Å². The van der Waals surface area contributed by atoms with Crippen molar-refractivity contribution < 1.29 is 133 Å². The summed E-state index contributed by atoms with van der Waals surface area (Å²) < 4.78 is 136. The molecule has 37 nitrogen and oxygen atoms in total. The maximum absolute atomic E-state index is 14.7. The van der Waals surface area contributed by atoms with E-state index in [9.17, 15) is 19.2 Å². The van der Waals surface area contributed by atoms with Crippen LogP contribution in [0.15, 0.2) is 41.3 Å². The molecular weight excluding hydrogens is 1660 g/mol. The number of hydrogen-bond acceptors (Lipinski definition) is 33. The van der Waals surface area contributed by atoms with Gasteiger partial charge in [-0.1, -0.05) is 6.07 Å². The summed E-state index contributed by atoms with van der Waals surface area (Å²) >= 11 is 10.2. The van der Waals surface area contributed by atoms with Gasteiger partial charge >= 0.3 is 0 Å². The highest BCUT2D eigenvalue weighted by atomic mass is 79.9. The minimum absolute atomic E-state index is 0.0993. The average molecular weight is 1790 g/mol. The number of aromatic nitrogens is 5. The number of fused-ring (bicyclic) bond motifs is 2. The molecule has 1 aliphatic carbocycles. The van der Waals surface area contributed by atoms with Crippen LogP contribution in [0, 0.1) is 26.2 Å². The van der Waals surface area contributed by atoms with Crippen molar-refractivity contribution in [1.82, 2.24) is 34.9 Å². The number of rotatable bonds is 82. The molecule has 120 heavy (non-hydrogen) atoms. The lowest BCUT2D eigenvalue weighted by Gasteiger charge is -2.29. The third-order valence-electron chi connectivity index (χ3n) is 18.1. The summed E-state index contributed by atoms with van der Waals surface area (Å²) in [6, 6.07) is 5.97. The van der Waals surface area contributed by atoms with Gasteiger partial charge in [0, 0.05) is 73.0 Å². The van der Waals surface area contributed by atoms with Crippen molar-refractivity contribution in [3.05, 3.63) is 63.9 Å². The molecule has 682 valence electrons. The zero-order chi connectivity index (χ0) is 85.4. The SMILES string of the molecule is CC(=O)c1nn(CC(=O)N2[C@H](C(=O)N(Cl)c3nc(Br)ccc3C)C[C@@]3(CNC(=O)CCOCCOCCOCCOCCOCCOCCOCCOCCOCCOCCOCCOCCOCCOCCOCCOCCOCCOCCOCCOCCOCCOCCOCCOCCN)C[C@@H]23)c2c(C)cc(-c3cnc(C)nc3)cc12. The number of anilines is 1. The number of Topliss-reactive ketones (excluding diaryl/α,β-unsaturated/α-hetero) is 1. The van der Waals surface area contributed by atoms with E-state index in [2.05, 4.69) is 41.3 Å². The first-order chi connectivity index (χ1) is 58.8. The largest absolute Gasteiger partial charge is 0.379 e. The number of likely N-dealkylation sites (tertiary alicyclic amines) is 1. The van der Waals surface area contributed by atoms with Crippen LogP contribution in [0.3, 0.4) is 0 Å². The summed E-state index contributed by atoms with van der Waals surface area (Å²) in [6.07, 6.45) is 4.35. The number of pyridine rings is 1. The first kappa shape index (κ1) is 104. The van der Waals surface area contributed by atoms with Crippen LogP contribution in [0.25, 0.3) is 22.0 Å². The van der Waals surface area contributed by atoms with E-state index in [1.54, 1.807) is 43.3 Å². The molecule has 1 aliphatic heterocycles. The maximum atomic E-state index is 14.7. The molecule has 0 unspecified atom stereocenters. The number of aryl methyl sites for hydroxylation is 3. The minimum Gasteiger partial charge on any atom is -0.379 e. The molecular formula is C81H131BrClN9O28. The number of carbonyl (C=O) groups is 4. The van der Waals surface area contributed by atoms with Gasteiger partial charge in [-0.25, -0.2) is 19.4 Å². The summed E-state index contributed by atoms with van der Waals surface area (Å²) in [7, 11) is 0. The Balaban J connectivity index is 0.603. The molecule has 3 atom stereocenters. The molecule has 39 heteroatoms. The van der Waals surface area contributed by atoms with Crippen molar-refractivity contribution in [2.24, 2.45) is 11.1 Å². The molecule has 2 aliphatic rings. The lowest BCUT2D eigenvalue weighted by atomic mass is 9.98. The number of benzene rings is 1. The smallest absolute Gasteiger partial charge is 0.265 e. The van der Waals surface area contributed by atoms with Crippen molar-refractivity contribution in [1.29, 1.82) is 0 Å². The molecule has 3 amide bonds. The van der Waals surface area contributed by atoms with E-state index >= 15 is 0 Å². The number of amides is 3. The Morgan fingerprint density at radius 3 is 1.11 bits per heavy atom. The lowest BCUT2D eigenvalue weighted by Crippen LogP contribution is -2.48. The number of hydrogen-bond donors (Lipinski definition) is 2. The molecule has 6 rings (SSSR count). The van der Waals surface area contributed by atoms with Crippen LogP contribution in [-0.2, 0) is 135 Å². The molecule has 0 radical (unpaired) electrons. The number of nitrogens with one attached hydrogen (secondary N) is 1. The Hall–Kier alpha value is -5.23. The van der Waals surface area contributed by atoms with Gasteiger partial charge in [0.1, 0.15) is 28.7 Å². The molecule has 4 heterocycles. The lowest BCUT2D eigenvalue weighted by molar-refractivity contribution is -0.139. The second-order valence-corrected chi connectivity index (χ2v) is 28.4. The van der Waals surface area contributed by atoms with Crippen LogP contribution in [0.1, 0.15) is 53.6 Å². The number of piperidine rings is 1. The predicted molar refractivity (Wildman–Crippen MR) is 443 cm³/mol. The van der Waals surface area contributed by atoms with E-state index in [0.717, 1.165) is 21.1 Å². The fraction of sp³-hybridized carbons (Fsp3) is 0.753. The molecule has 1 saturated heterocycles. The summed E-state index contributed by atoms with van der Waals surface area (Å²) in [5.41, 5.74) is 8.59. The third kappa shape index (κ3) is 45.1. The molecule has 0 bridgehead atoms. The monoisotopic (exact) mass is 1790 g/mol. The van der Waals surface area contributed by atoms with Crippen molar-refractivity contribution in [2.75, 3.05) is 335 Å². The summed E-state index contributed by atoms with van der Waals surface area (Å²) in [4.78, 5) is 70.0. The van der Waals surface area contributed by atoms with Crippen LogP contribution >= 0.6 is 27.7 Å². The summed E-state index contributed by atoms with van der Waals surface area (Å²) in [6.45, 7) is 29.2. The van der Waals surface area contributed by atoms with Crippen LogP contribution < -0.4 is 15.5 Å². The molecule has 0 spiro atoms. The van der Waals surface area contributed by atoms with E-state index in [-0.39, 0.29) is 74.3 Å². The van der Waals surface area contributed by atoms with E-state index in [1.807, 2.05) is 19.1 Å². The van der Waals surface area contributed by atoms with Gasteiger partial charge in [-0.3, -0.25) is 23.9 Å². The first-order valence-corrected chi connectivity index (χ1v) is 42.5. The maximum Gasteiger partial charge on any atom is 0.265 e. The molecule has 1 aromatic carbocycles. The molecule has 3 aromatic heterocycles. The predicted octanol–water partition coefficient (Wildman–Crippen LogP) is 4.19. The molecule has 1 saturated carbocycles. The fourth-order valence-electron chi connectivity index (χ4n) is 12.0. The van der Waals surface area contributed by atoms with Crippen LogP contribution in [0.5, 0.6) is 0 Å². The van der Waals surface area contributed by atoms with Crippen molar-refractivity contribution in [3.8, 4) is 11.1 Å². The van der Waals surface area contributed by atoms with Gasteiger partial charge < -0.3 is 130 Å². The van der Waals surface area contributed by atoms with Crippen molar-refractivity contribution in [2.45, 2.75) is 65.6 Å². The fourth-order valence-corrected chi connectivity index (χ4v) is 12.6. The van der Waals surface area contributed by atoms with Gasteiger partial charge in [0.15, 0.2) is 11.6 Å². The zero-order valence-electron chi connectivity index (χ0n) is 70.7. The molecule has 3 N–H and O–H groups in total. The Bertz CT molecular complexity index is 3330. The molecule has 4 aromatic rings. The van der Waals surface area contributed by atoms with E-state index in [0.29, 0.717) is 344 Å². The number of ether oxygens (including phenoxy) is 24. The van der Waals surface area contributed by atoms with Crippen LogP contribution in [0.2, 0.25) is 0 Å². The Morgan fingerprint density at radius 2 is 0.783 bits per heavy atom. The van der Waals surface area contributed by atoms with E-state index in [4.69, 9.17) is 131 Å². The number of nitrogens with zero attached hydrogens (tertiary/aromatic N) is 7. The van der Waals surface area contributed by atoms with Crippen LogP contribution in [0.4, 0.5) is 5.82 Å². The van der Waals surface area contributed by atoms with Gasteiger partial charge in [0.2, 0.25) is 11.8 Å². The third-order valence-corrected chi connectivity index (χ3v) is 18.9. The van der Waals surface area contributed by atoms with E-state index < -0.39 is 17.4 Å². The number of ketones is 1. The van der Waals surface area contributed by atoms with Gasteiger partial charge in [0.25, 0.3) is 5.91 Å². The quantitative estimate of drug-likeness (QED) is 0.0271. The van der Waals surface area contributed by atoms with Gasteiger partial charge in [-0.15, -0.1) is 0 Å². The van der Waals surface area contributed by atoms with Crippen molar-refractivity contribution in [3.63, 3.8) is 0 Å². The Labute approximate surface area is 718 Å². The highest BCUT2D eigenvalue weighted by molar-refractivity contribution is 9.10. The molecule has 2 fully saturated rings. The van der Waals surface area contributed by atoms with Gasteiger partial charge in [-0.2, -0.15) is 5.10 Å².